The zero-order valence-corrected chi connectivity index (χ0v) is 6.36. The zero-order valence-electron chi connectivity index (χ0n) is 6.36. The molecule has 1 saturated carbocycles. The Balaban J connectivity index is 2.08. The number of hydrogen-bond donors (Lipinski definition) is 1. The first-order valence-electron chi connectivity index (χ1n) is 4.06. The van der Waals surface area contributed by atoms with Crippen LogP contribution in [0.15, 0.2) is 23.0 Å². The fourth-order valence-corrected chi connectivity index (χ4v) is 1.77. The van der Waals surface area contributed by atoms with Crippen molar-refractivity contribution in [2.45, 2.75) is 31.3 Å². The van der Waals surface area contributed by atoms with E-state index in [1.165, 1.54) is 5.56 Å². The van der Waals surface area contributed by atoms with Crippen LogP contribution in [0.1, 0.15) is 30.7 Å². The maximum Gasteiger partial charge on any atom is 0.0937 e. The van der Waals surface area contributed by atoms with E-state index in [0.717, 1.165) is 19.3 Å². The summed E-state index contributed by atoms with van der Waals surface area (Å²) in [4.78, 5) is 0. The van der Waals surface area contributed by atoms with Crippen LogP contribution < -0.4 is 0 Å². The van der Waals surface area contributed by atoms with Gasteiger partial charge in [0.15, 0.2) is 0 Å². The molecule has 0 spiro atoms. The standard InChI is InChI=1S/C9H12O2/c10-9-2-1-7(5-9)8-3-4-11-6-8/h3-4,6-7,9-10H,1-2,5H2. The second-order valence-electron chi connectivity index (χ2n) is 3.22. The highest BCUT2D eigenvalue weighted by atomic mass is 16.3. The van der Waals surface area contributed by atoms with E-state index >= 15 is 0 Å². The minimum Gasteiger partial charge on any atom is -0.472 e. The molecular weight excluding hydrogens is 140 g/mol. The Morgan fingerprint density at radius 2 is 2.36 bits per heavy atom. The molecule has 0 aromatic carbocycles. The lowest BCUT2D eigenvalue weighted by Crippen LogP contribution is -1.98. The molecule has 2 rings (SSSR count). The zero-order chi connectivity index (χ0) is 7.68. The predicted octanol–water partition coefficient (Wildman–Crippen LogP) is 1.91. The maximum absolute atomic E-state index is 9.27. The Morgan fingerprint density at radius 1 is 1.45 bits per heavy atom. The minimum absolute atomic E-state index is 0.0881. The van der Waals surface area contributed by atoms with Crippen LogP contribution in [0.3, 0.4) is 0 Å². The average Bonchev–Trinajstić information content (AvgIpc) is 2.55. The van der Waals surface area contributed by atoms with Gasteiger partial charge in [0, 0.05) is 0 Å². The SMILES string of the molecule is OC1CCC(c2ccoc2)C1. The molecule has 1 aliphatic rings. The summed E-state index contributed by atoms with van der Waals surface area (Å²) in [6.07, 6.45) is 6.33. The Labute approximate surface area is 65.8 Å². The largest absolute Gasteiger partial charge is 0.472 e. The van der Waals surface area contributed by atoms with Gasteiger partial charge in [0.1, 0.15) is 0 Å². The van der Waals surface area contributed by atoms with Gasteiger partial charge in [0.05, 0.1) is 18.6 Å². The molecule has 60 valence electrons. The lowest BCUT2D eigenvalue weighted by molar-refractivity contribution is 0.181. The van der Waals surface area contributed by atoms with Crippen molar-refractivity contribution in [3.63, 3.8) is 0 Å². The van der Waals surface area contributed by atoms with Gasteiger partial charge in [-0.05, 0) is 36.8 Å². The number of aliphatic hydroxyl groups excluding tert-OH is 1. The van der Waals surface area contributed by atoms with Gasteiger partial charge in [-0.15, -0.1) is 0 Å². The van der Waals surface area contributed by atoms with Crippen LogP contribution in [0.5, 0.6) is 0 Å². The van der Waals surface area contributed by atoms with E-state index in [0.29, 0.717) is 5.92 Å². The first-order chi connectivity index (χ1) is 5.36. The van der Waals surface area contributed by atoms with Crippen molar-refractivity contribution in [2.75, 3.05) is 0 Å². The summed E-state index contributed by atoms with van der Waals surface area (Å²) in [7, 11) is 0. The Hall–Kier alpha value is -0.760. The molecule has 0 radical (unpaired) electrons. The highest BCUT2D eigenvalue weighted by Gasteiger charge is 2.24. The van der Waals surface area contributed by atoms with E-state index in [2.05, 4.69) is 0 Å². The van der Waals surface area contributed by atoms with E-state index in [4.69, 9.17) is 4.42 Å². The van der Waals surface area contributed by atoms with Crippen molar-refractivity contribution in [2.24, 2.45) is 0 Å². The predicted molar refractivity (Wildman–Crippen MR) is 41.3 cm³/mol. The number of aliphatic hydroxyl groups is 1. The number of hydrogen-bond acceptors (Lipinski definition) is 2. The van der Waals surface area contributed by atoms with Crippen molar-refractivity contribution in [1.82, 2.24) is 0 Å². The van der Waals surface area contributed by atoms with E-state index in [1.807, 2.05) is 6.07 Å². The van der Waals surface area contributed by atoms with Gasteiger partial charge in [-0.2, -0.15) is 0 Å². The Morgan fingerprint density at radius 3 is 2.91 bits per heavy atom. The Kier molecular flexibility index (Phi) is 1.70. The van der Waals surface area contributed by atoms with Crippen LogP contribution >= 0.6 is 0 Å². The molecule has 1 aliphatic carbocycles. The average molecular weight is 152 g/mol. The molecular formula is C9H12O2. The molecule has 2 heteroatoms. The van der Waals surface area contributed by atoms with Crippen molar-refractivity contribution < 1.29 is 9.52 Å². The highest BCUT2D eigenvalue weighted by Crippen LogP contribution is 2.34. The lowest BCUT2D eigenvalue weighted by Gasteiger charge is -2.03. The molecule has 1 N–H and O–H groups in total. The van der Waals surface area contributed by atoms with Gasteiger partial charge in [0.2, 0.25) is 0 Å². The molecule has 1 aromatic heterocycles. The fourth-order valence-electron chi connectivity index (χ4n) is 1.77. The van der Waals surface area contributed by atoms with Crippen LogP contribution in [-0.2, 0) is 0 Å². The Bertz CT molecular complexity index is 215. The summed E-state index contributed by atoms with van der Waals surface area (Å²) < 4.78 is 4.98. The van der Waals surface area contributed by atoms with Gasteiger partial charge < -0.3 is 9.52 Å². The van der Waals surface area contributed by atoms with Gasteiger partial charge in [0.25, 0.3) is 0 Å². The van der Waals surface area contributed by atoms with Crippen molar-refractivity contribution in [1.29, 1.82) is 0 Å². The van der Waals surface area contributed by atoms with E-state index < -0.39 is 0 Å². The van der Waals surface area contributed by atoms with Crippen molar-refractivity contribution in [3.8, 4) is 0 Å². The summed E-state index contributed by atoms with van der Waals surface area (Å²) >= 11 is 0. The van der Waals surface area contributed by atoms with Gasteiger partial charge in [-0.1, -0.05) is 0 Å². The molecule has 2 nitrogen and oxygen atoms in total. The monoisotopic (exact) mass is 152 g/mol. The fraction of sp³-hybridized carbons (Fsp3) is 0.556. The van der Waals surface area contributed by atoms with E-state index in [9.17, 15) is 5.11 Å². The van der Waals surface area contributed by atoms with Gasteiger partial charge in [-0.25, -0.2) is 0 Å². The summed E-state index contributed by atoms with van der Waals surface area (Å²) in [5.41, 5.74) is 1.24. The quantitative estimate of drug-likeness (QED) is 0.666. The second-order valence-corrected chi connectivity index (χ2v) is 3.22. The van der Waals surface area contributed by atoms with Crippen LogP contribution in [0.2, 0.25) is 0 Å². The number of rotatable bonds is 1. The van der Waals surface area contributed by atoms with E-state index in [1.54, 1.807) is 12.5 Å². The molecule has 0 bridgehead atoms. The van der Waals surface area contributed by atoms with Crippen LogP contribution in [0.25, 0.3) is 0 Å². The third-order valence-corrected chi connectivity index (χ3v) is 2.42. The molecule has 2 atom stereocenters. The maximum atomic E-state index is 9.27. The highest BCUT2D eigenvalue weighted by molar-refractivity contribution is 5.14. The molecule has 0 amide bonds. The number of furan rings is 1. The summed E-state index contributed by atoms with van der Waals surface area (Å²) in [5, 5.41) is 9.27. The summed E-state index contributed by atoms with van der Waals surface area (Å²) in [6.45, 7) is 0. The van der Waals surface area contributed by atoms with Crippen LogP contribution in [0.4, 0.5) is 0 Å². The molecule has 1 aromatic rings. The van der Waals surface area contributed by atoms with Gasteiger partial charge in [-0.3, -0.25) is 0 Å². The molecule has 1 heterocycles. The minimum atomic E-state index is -0.0881. The third-order valence-electron chi connectivity index (χ3n) is 2.42. The normalized spacial score (nSPS) is 31.0. The molecule has 0 saturated heterocycles. The van der Waals surface area contributed by atoms with Crippen molar-refractivity contribution in [3.05, 3.63) is 24.2 Å². The van der Waals surface area contributed by atoms with E-state index in [-0.39, 0.29) is 6.10 Å². The van der Waals surface area contributed by atoms with Gasteiger partial charge >= 0.3 is 0 Å². The lowest BCUT2D eigenvalue weighted by atomic mass is 10.0. The molecule has 1 fully saturated rings. The first kappa shape index (κ1) is 6.92. The first-order valence-corrected chi connectivity index (χ1v) is 4.06. The topological polar surface area (TPSA) is 33.4 Å². The summed E-state index contributed by atoms with van der Waals surface area (Å²) in [6, 6.07) is 1.99. The van der Waals surface area contributed by atoms with Crippen LogP contribution in [-0.4, -0.2) is 11.2 Å². The molecule has 2 unspecified atom stereocenters. The van der Waals surface area contributed by atoms with Crippen LogP contribution in [0, 0.1) is 0 Å². The second kappa shape index (κ2) is 2.70. The third kappa shape index (κ3) is 1.31. The molecule has 11 heavy (non-hydrogen) atoms. The van der Waals surface area contributed by atoms with Crippen molar-refractivity contribution >= 4 is 0 Å². The summed E-state index contributed by atoms with van der Waals surface area (Å²) in [5.74, 6) is 0.531. The molecule has 0 aliphatic heterocycles. The smallest absolute Gasteiger partial charge is 0.0937 e.